The SMILES string of the molecule is CC(C)c1cc(C(C)C)c(S(=O)(=O)c2ccc3[nH]cc4c3c2[C@@]2(C)OCCN(C(=O)CCl)[C@@H]2C4)c(C(C)C)c1. The number of aromatic amines is 1. The molecule has 8 heteroatoms. The Hall–Kier alpha value is -2.35. The maximum Gasteiger partial charge on any atom is 0.237 e. The number of fused-ring (bicyclic) bond motifs is 2. The number of amides is 1. The number of ether oxygens (including phenoxy) is 1. The molecule has 0 bridgehead atoms. The van der Waals surface area contributed by atoms with Crippen molar-refractivity contribution in [3.63, 3.8) is 0 Å². The van der Waals surface area contributed by atoms with Gasteiger partial charge in [0.2, 0.25) is 15.7 Å². The van der Waals surface area contributed by atoms with Crippen LogP contribution in [0.2, 0.25) is 0 Å². The van der Waals surface area contributed by atoms with Crippen LogP contribution in [0, 0.1) is 0 Å². The van der Waals surface area contributed by atoms with E-state index < -0.39 is 15.4 Å². The molecule has 3 aromatic rings. The maximum absolute atomic E-state index is 15.0. The third-order valence-electron chi connectivity index (χ3n) is 8.62. The highest BCUT2D eigenvalue weighted by atomic mass is 35.5. The van der Waals surface area contributed by atoms with Crippen LogP contribution in [0.4, 0.5) is 0 Å². The smallest absolute Gasteiger partial charge is 0.237 e. The van der Waals surface area contributed by atoms with Gasteiger partial charge in [-0.05, 0) is 65.5 Å². The van der Waals surface area contributed by atoms with E-state index in [9.17, 15) is 13.2 Å². The van der Waals surface area contributed by atoms with Crippen LogP contribution < -0.4 is 0 Å². The number of rotatable bonds is 6. The highest BCUT2D eigenvalue weighted by molar-refractivity contribution is 7.91. The number of nitrogens with zero attached hydrogens (tertiary/aromatic N) is 1. The summed E-state index contributed by atoms with van der Waals surface area (Å²) in [5.41, 5.74) is 4.30. The summed E-state index contributed by atoms with van der Waals surface area (Å²) in [7, 11) is -3.98. The number of carbonyl (C=O) groups is 1. The summed E-state index contributed by atoms with van der Waals surface area (Å²) in [5, 5.41) is 0.881. The molecule has 0 radical (unpaired) electrons. The van der Waals surface area contributed by atoms with Gasteiger partial charge in [0.1, 0.15) is 11.5 Å². The number of morpholine rings is 1. The number of nitrogens with one attached hydrogen (secondary N) is 1. The zero-order chi connectivity index (χ0) is 28.4. The lowest BCUT2D eigenvalue weighted by molar-refractivity contribution is -0.166. The second-order valence-corrected chi connectivity index (χ2v) is 14.2. The number of sulfone groups is 1. The molecule has 1 saturated heterocycles. The Labute approximate surface area is 237 Å². The summed E-state index contributed by atoms with van der Waals surface area (Å²) in [6.45, 7) is 15.2. The van der Waals surface area contributed by atoms with Gasteiger partial charge in [-0.3, -0.25) is 4.79 Å². The number of hydrogen-bond acceptors (Lipinski definition) is 4. The van der Waals surface area contributed by atoms with Crippen molar-refractivity contribution < 1.29 is 17.9 Å². The summed E-state index contributed by atoms with van der Waals surface area (Å²) in [6, 6.07) is 7.36. The van der Waals surface area contributed by atoms with Gasteiger partial charge in [-0.15, -0.1) is 11.6 Å². The minimum Gasteiger partial charge on any atom is -0.366 e. The van der Waals surface area contributed by atoms with E-state index in [4.69, 9.17) is 16.3 Å². The summed E-state index contributed by atoms with van der Waals surface area (Å²) < 4.78 is 36.4. The topological polar surface area (TPSA) is 79.5 Å². The maximum atomic E-state index is 15.0. The van der Waals surface area contributed by atoms with Crippen LogP contribution in [-0.2, 0) is 31.4 Å². The molecule has 2 aromatic carbocycles. The quantitative estimate of drug-likeness (QED) is 0.338. The van der Waals surface area contributed by atoms with Crippen molar-refractivity contribution in [3.8, 4) is 0 Å². The van der Waals surface area contributed by atoms with Crippen LogP contribution in [0.1, 0.15) is 94.0 Å². The Bertz CT molecular complexity index is 1530. The second-order valence-electron chi connectivity index (χ2n) is 12.1. The molecule has 39 heavy (non-hydrogen) atoms. The van der Waals surface area contributed by atoms with Crippen molar-refractivity contribution in [3.05, 3.63) is 58.3 Å². The Morgan fingerprint density at radius 1 is 1.10 bits per heavy atom. The number of aromatic nitrogens is 1. The fourth-order valence-electron chi connectivity index (χ4n) is 6.49. The molecule has 0 saturated carbocycles. The average molecular weight is 571 g/mol. The van der Waals surface area contributed by atoms with Gasteiger partial charge in [0.05, 0.1) is 22.4 Å². The molecule has 2 heterocycles. The monoisotopic (exact) mass is 570 g/mol. The van der Waals surface area contributed by atoms with Crippen molar-refractivity contribution in [1.29, 1.82) is 0 Å². The molecule has 0 unspecified atom stereocenters. The number of halogens is 1. The van der Waals surface area contributed by atoms with E-state index in [1.807, 2.05) is 19.2 Å². The Balaban J connectivity index is 1.83. The van der Waals surface area contributed by atoms with Crippen LogP contribution >= 0.6 is 11.6 Å². The second kappa shape index (κ2) is 9.93. The number of carbonyl (C=O) groups excluding carboxylic acids is 1. The summed E-state index contributed by atoms with van der Waals surface area (Å²) >= 11 is 6.00. The molecule has 1 aromatic heterocycles. The molecule has 1 N–H and O–H groups in total. The van der Waals surface area contributed by atoms with Gasteiger partial charge in [-0.25, -0.2) is 8.42 Å². The van der Waals surface area contributed by atoms with Crippen molar-refractivity contribution >= 4 is 38.2 Å². The highest BCUT2D eigenvalue weighted by Gasteiger charge is 2.51. The lowest BCUT2D eigenvalue weighted by Gasteiger charge is -2.50. The summed E-state index contributed by atoms with van der Waals surface area (Å²) in [4.78, 5) is 18.7. The van der Waals surface area contributed by atoms with E-state index in [-0.39, 0.29) is 40.5 Å². The molecule has 210 valence electrons. The van der Waals surface area contributed by atoms with Gasteiger partial charge in [-0.1, -0.05) is 53.7 Å². The number of benzene rings is 2. The van der Waals surface area contributed by atoms with E-state index in [2.05, 4.69) is 58.7 Å². The normalized spacial score (nSPS) is 21.3. The highest BCUT2D eigenvalue weighted by Crippen LogP contribution is 2.50. The van der Waals surface area contributed by atoms with Crippen LogP contribution in [0.3, 0.4) is 0 Å². The largest absolute Gasteiger partial charge is 0.366 e. The zero-order valence-corrected chi connectivity index (χ0v) is 25.5. The predicted molar refractivity (Wildman–Crippen MR) is 156 cm³/mol. The summed E-state index contributed by atoms with van der Waals surface area (Å²) in [5.74, 6) is 0.0113. The first-order valence-electron chi connectivity index (χ1n) is 13.9. The van der Waals surface area contributed by atoms with Gasteiger partial charge in [0.25, 0.3) is 0 Å². The Morgan fingerprint density at radius 2 is 1.74 bits per heavy atom. The zero-order valence-electron chi connectivity index (χ0n) is 23.9. The Kier molecular flexibility index (Phi) is 7.18. The molecule has 6 nitrogen and oxygen atoms in total. The van der Waals surface area contributed by atoms with Crippen LogP contribution in [0.5, 0.6) is 0 Å². The van der Waals surface area contributed by atoms with Crippen LogP contribution in [0.15, 0.2) is 40.3 Å². The van der Waals surface area contributed by atoms with Crippen LogP contribution in [-0.4, -0.2) is 49.3 Å². The van der Waals surface area contributed by atoms with Gasteiger partial charge in [0.15, 0.2) is 0 Å². The third-order valence-corrected chi connectivity index (χ3v) is 10.8. The first kappa shape index (κ1) is 28.2. The molecule has 2 aliphatic rings. The van der Waals surface area contributed by atoms with E-state index >= 15 is 0 Å². The first-order chi connectivity index (χ1) is 18.3. The molecule has 1 aliphatic heterocycles. The molecule has 0 spiro atoms. The minimum atomic E-state index is -3.98. The summed E-state index contributed by atoms with van der Waals surface area (Å²) in [6.07, 6.45) is 2.49. The van der Waals surface area contributed by atoms with Gasteiger partial charge >= 0.3 is 0 Å². The predicted octanol–water partition coefficient (Wildman–Crippen LogP) is 6.61. The molecular weight excluding hydrogens is 532 g/mol. The third kappa shape index (κ3) is 4.32. The standard InChI is InChI=1S/C31H39ClN2O4S/c1-17(2)20-12-22(18(3)4)30(23(13-20)19(5)6)39(36,37)25-9-8-24-28-21(16-33-24)14-26-31(7,29(25)28)38-11-10-34(26)27(35)15-32/h8-9,12-13,16-19,26,33H,10-11,14-15H2,1-7H3/t26-,31+/m1/s1. The fourth-order valence-corrected chi connectivity index (χ4v) is 8.90. The van der Waals surface area contributed by atoms with Gasteiger partial charge < -0.3 is 14.6 Å². The van der Waals surface area contributed by atoms with Crippen molar-refractivity contribution in [2.24, 2.45) is 0 Å². The molecular formula is C31H39ClN2O4S. The van der Waals surface area contributed by atoms with Crippen molar-refractivity contribution in [1.82, 2.24) is 9.88 Å². The molecule has 1 amide bonds. The molecule has 1 fully saturated rings. The van der Waals surface area contributed by atoms with E-state index in [0.29, 0.717) is 30.0 Å². The number of H-pyrrole nitrogens is 1. The number of alkyl halides is 1. The minimum absolute atomic E-state index is 0.0139. The lowest BCUT2D eigenvalue weighted by atomic mass is 9.75. The van der Waals surface area contributed by atoms with Crippen molar-refractivity contribution in [2.75, 3.05) is 19.0 Å². The van der Waals surface area contributed by atoms with E-state index in [1.165, 1.54) is 0 Å². The first-order valence-corrected chi connectivity index (χ1v) is 15.9. The fraction of sp³-hybridized carbons (Fsp3) is 0.516. The molecule has 2 atom stereocenters. The number of hydrogen-bond donors (Lipinski definition) is 1. The lowest BCUT2D eigenvalue weighted by Crippen LogP contribution is -2.60. The van der Waals surface area contributed by atoms with Gasteiger partial charge in [-0.2, -0.15) is 0 Å². The van der Waals surface area contributed by atoms with Gasteiger partial charge in [0, 0.05) is 29.2 Å². The van der Waals surface area contributed by atoms with Crippen LogP contribution in [0.25, 0.3) is 10.9 Å². The van der Waals surface area contributed by atoms with Crippen molar-refractivity contribution in [2.45, 2.75) is 94.1 Å². The molecule has 5 rings (SSSR count). The average Bonchev–Trinajstić information content (AvgIpc) is 3.30. The van der Waals surface area contributed by atoms with E-state index in [1.54, 1.807) is 11.0 Å². The Morgan fingerprint density at radius 3 is 2.31 bits per heavy atom. The molecule has 1 aliphatic carbocycles. The van der Waals surface area contributed by atoms with E-state index in [0.717, 1.165) is 33.2 Å².